The maximum atomic E-state index is 13.5. The van der Waals surface area contributed by atoms with Gasteiger partial charge in [0.2, 0.25) is 0 Å². The first-order valence-electron chi connectivity index (χ1n) is 11.0. The Balaban J connectivity index is 1.28. The molecule has 1 saturated carbocycles. The van der Waals surface area contributed by atoms with Crippen LogP contribution in [0, 0.1) is 16.6 Å². The molecule has 7 nitrogen and oxygen atoms in total. The Bertz CT molecular complexity index is 1180. The molecule has 3 heterocycles. The summed E-state index contributed by atoms with van der Waals surface area (Å²) in [7, 11) is -2.83. The minimum Gasteiger partial charge on any atom is -0.337 e. The fraction of sp³-hybridized carbons (Fsp3) is 0.545. The van der Waals surface area contributed by atoms with Crippen molar-refractivity contribution in [1.29, 1.82) is 4.78 Å². The van der Waals surface area contributed by atoms with E-state index in [1.54, 1.807) is 21.3 Å². The Morgan fingerprint density at radius 1 is 1.21 bits per heavy atom. The van der Waals surface area contributed by atoms with Crippen LogP contribution in [0.25, 0.3) is 0 Å². The third-order valence-corrected chi connectivity index (χ3v) is 8.64. The number of H-pyrrole nitrogens is 1. The van der Waals surface area contributed by atoms with E-state index in [0.29, 0.717) is 56.7 Å². The van der Waals surface area contributed by atoms with Crippen LogP contribution in [-0.2, 0) is 29.1 Å². The number of rotatable bonds is 3. The van der Waals surface area contributed by atoms with E-state index in [1.165, 1.54) is 12.3 Å². The number of carbonyl (C=O) groups excluding carboxylic acids is 1. The molecule has 33 heavy (non-hydrogen) atoms. The maximum absolute atomic E-state index is 13.5. The maximum Gasteiger partial charge on any atom is 0.416 e. The molecule has 11 heteroatoms. The number of benzene rings is 1. The first-order valence-corrected chi connectivity index (χ1v) is 12.9. The number of aromatic nitrogens is 2. The van der Waals surface area contributed by atoms with E-state index in [4.69, 9.17) is 4.78 Å². The molecule has 2 unspecified atom stereocenters. The zero-order chi connectivity index (χ0) is 23.5. The number of hydrogen-bond donors (Lipinski definition) is 2. The molecular formula is C22H26F3N5O2S. The van der Waals surface area contributed by atoms with Crippen LogP contribution in [0.4, 0.5) is 13.2 Å². The number of fused-ring (bicyclic) bond motifs is 2. The van der Waals surface area contributed by atoms with Crippen molar-refractivity contribution in [3.8, 4) is 0 Å². The first-order chi connectivity index (χ1) is 15.5. The summed E-state index contributed by atoms with van der Waals surface area (Å²) in [5.74, 6) is 0.0517. The first kappa shape index (κ1) is 22.4. The second kappa shape index (κ2) is 7.83. The van der Waals surface area contributed by atoms with E-state index in [2.05, 4.69) is 10.2 Å². The second-order valence-electron chi connectivity index (χ2n) is 9.43. The fourth-order valence-corrected chi connectivity index (χ4v) is 6.56. The van der Waals surface area contributed by atoms with Crippen LogP contribution in [0.15, 0.2) is 24.3 Å². The van der Waals surface area contributed by atoms with Gasteiger partial charge in [0.25, 0.3) is 5.91 Å². The van der Waals surface area contributed by atoms with Crippen LogP contribution in [0.3, 0.4) is 0 Å². The lowest BCUT2D eigenvalue weighted by Gasteiger charge is -2.26. The highest BCUT2D eigenvalue weighted by Crippen LogP contribution is 2.49. The Morgan fingerprint density at radius 2 is 1.88 bits per heavy atom. The van der Waals surface area contributed by atoms with Crippen molar-refractivity contribution >= 4 is 15.8 Å². The standard InChI is InChI=1S/C22H26F3N5O2S/c1-33(26,32)30-7-6-17-19(12-30)27-28-20(17)21(31)29-10-14-8-13(9-15(14)11-29)16-4-2-3-5-18(16)22(23,24)25/h2-5,13-15,26H,6-12H2,1H3,(H,27,28)/t13?,14-,15+,33?. The Morgan fingerprint density at radius 3 is 2.52 bits per heavy atom. The van der Waals surface area contributed by atoms with Crippen molar-refractivity contribution in [2.45, 2.75) is 37.9 Å². The third-order valence-electron chi connectivity index (χ3n) is 7.34. The number of hydrogen-bond acceptors (Lipinski definition) is 4. The summed E-state index contributed by atoms with van der Waals surface area (Å²) < 4.78 is 61.7. The van der Waals surface area contributed by atoms with Gasteiger partial charge >= 0.3 is 6.18 Å². The minimum atomic E-state index is -4.37. The molecule has 2 aromatic rings. The summed E-state index contributed by atoms with van der Waals surface area (Å²) in [4.78, 5) is 15.0. The van der Waals surface area contributed by atoms with E-state index in [1.807, 2.05) is 0 Å². The van der Waals surface area contributed by atoms with Crippen molar-refractivity contribution in [2.24, 2.45) is 11.8 Å². The lowest BCUT2D eigenvalue weighted by Crippen LogP contribution is -2.35. The zero-order valence-corrected chi connectivity index (χ0v) is 19.0. The van der Waals surface area contributed by atoms with Gasteiger partial charge in [-0.05, 0) is 48.6 Å². The molecule has 0 radical (unpaired) electrons. The van der Waals surface area contributed by atoms with Gasteiger partial charge in [0, 0.05) is 31.5 Å². The fourth-order valence-electron chi connectivity index (χ4n) is 5.75. The number of nitrogens with zero attached hydrogens (tertiary/aromatic N) is 3. The van der Waals surface area contributed by atoms with Crippen LogP contribution < -0.4 is 0 Å². The minimum absolute atomic E-state index is 0.145. The topological polar surface area (TPSA) is 93.2 Å². The Hall–Kier alpha value is -2.40. The van der Waals surface area contributed by atoms with Crippen LogP contribution in [0.5, 0.6) is 0 Å². The Kier molecular flexibility index (Phi) is 5.32. The highest BCUT2D eigenvalue weighted by Gasteiger charge is 2.45. The molecule has 0 spiro atoms. The van der Waals surface area contributed by atoms with Crippen molar-refractivity contribution in [3.05, 3.63) is 52.3 Å². The van der Waals surface area contributed by atoms with Gasteiger partial charge in [-0.15, -0.1) is 0 Å². The highest BCUT2D eigenvalue weighted by atomic mass is 32.2. The van der Waals surface area contributed by atoms with Crippen LogP contribution in [-0.4, -0.2) is 55.4 Å². The van der Waals surface area contributed by atoms with Crippen molar-refractivity contribution in [3.63, 3.8) is 0 Å². The molecule has 1 aromatic carbocycles. The average Bonchev–Trinajstić information content (AvgIpc) is 3.44. The second-order valence-corrected chi connectivity index (χ2v) is 11.6. The van der Waals surface area contributed by atoms with Crippen molar-refractivity contribution < 1.29 is 22.2 Å². The van der Waals surface area contributed by atoms with E-state index < -0.39 is 21.7 Å². The van der Waals surface area contributed by atoms with E-state index in [9.17, 15) is 22.2 Å². The summed E-state index contributed by atoms with van der Waals surface area (Å²) in [5, 5.41) is 7.11. The summed E-state index contributed by atoms with van der Waals surface area (Å²) in [6.45, 7) is 1.77. The molecule has 2 N–H and O–H groups in total. The Labute approximate surface area is 190 Å². The summed E-state index contributed by atoms with van der Waals surface area (Å²) in [6, 6.07) is 5.82. The van der Waals surface area contributed by atoms with Crippen molar-refractivity contribution in [2.75, 3.05) is 25.9 Å². The SMILES string of the molecule is CS(=N)(=O)N1CCc2c(C(=O)N3C[C@H]4CC(c5ccccc5C(F)(F)F)C[C@H]4C3)n[nH]c2C1. The van der Waals surface area contributed by atoms with Crippen LogP contribution in [0.2, 0.25) is 0 Å². The number of alkyl halides is 3. The summed E-state index contributed by atoms with van der Waals surface area (Å²) in [6.07, 6.45) is -1.21. The predicted octanol–water partition coefficient (Wildman–Crippen LogP) is 3.64. The molecule has 5 rings (SSSR count). The van der Waals surface area contributed by atoms with Crippen LogP contribution in [0.1, 0.15) is 51.6 Å². The predicted molar refractivity (Wildman–Crippen MR) is 116 cm³/mol. The van der Waals surface area contributed by atoms with Gasteiger partial charge in [-0.1, -0.05) is 18.2 Å². The van der Waals surface area contributed by atoms with Gasteiger partial charge < -0.3 is 4.90 Å². The van der Waals surface area contributed by atoms with Gasteiger partial charge in [-0.25, -0.2) is 13.3 Å². The number of carbonyl (C=O) groups is 1. The quantitative estimate of drug-likeness (QED) is 0.701. The zero-order valence-electron chi connectivity index (χ0n) is 18.2. The average molecular weight is 482 g/mol. The molecular weight excluding hydrogens is 455 g/mol. The number of aromatic amines is 1. The van der Waals surface area contributed by atoms with E-state index >= 15 is 0 Å². The molecule has 0 bridgehead atoms. The number of nitrogens with one attached hydrogen (secondary N) is 2. The highest BCUT2D eigenvalue weighted by molar-refractivity contribution is 7.89. The summed E-state index contributed by atoms with van der Waals surface area (Å²) in [5.41, 5.74) is 1.72. The van der Waals surface area contributed by atoms with Gasteiger partial charge in [0.05, 0.1) is 17.8 Å². The van der Waals surface area contributed by atoms with Gasteiger partial charge in [-0.2, -0.15) is 18.3 Å². The molecule has 1 aliphatic carbocycles. The lowest BCUT2D eigenvalue weighted by atomic mass is 9.91. The normalized spacial score (nSPS) is 27.3. The van der Waals surface area contributed by atoms with Gasteiger partial charge in [0.15, 0.2) is 5.69 Å². The van der Waals surface area contributed by atoms with E-state index in [0.717, 1.165) is 17.3 Å². The van der Waals surface area contributed by atoms with Gasteiger partial charge in [0.1, 0.15) is 9.92 Å². The molecule has 2 aliphatic heterocycles. The smallest absolute Gasteiger partial charge is 0.337 e. The van der Waals surface area contributed by atoms with Gasteiger partial charge in [-0.3, -0.25) is 9.89 Å². The lowest BCUT2D eigenvalue weighted by molar-refractivity contribution is -0.138. The summed E-state index contributed by atoms with van der Waals surface area (Å²) >= 11 is 0. The monoisotopic (exact) mass is 481 g/mol. The van der Waals surface area contributed by atoms with E-state index in [-0.39, 0.29) is 23.7 Å². The molecule has 1 amide bonds. The number of amides is 1. The van der Waals surface area contributed by atoms with Crippen LogP contribution >= 0.6 is 0 Å². The molecule has 1 aromatic heterocycles. The largest absolute Gasteiger partial charge is 0.416 e. The molecule has 2 fully saturated rings. The molecule has 3 aliphatic rings. The van der Waals surface area contributed by atoms with Crippen molar-refractivity contribution in [1.82, 2.24) is 19.4 Å². The number of halogens is 3. The number of likely N-dealkylation sites (tertiary alicyclic amines) is 1. The molecule has 1 saturated heterocycles. The molecule has 4 atom stereocenters. The third kappa shape index (κ3) is 4.05. The molecule has 178 valence electrons.